The van der Waals surface area contributed by atoms with Crippen LogP contribution in [0.4, 0.5) is 9.18 Å². The lowest BCUT2D eigenvalue weighted by Crippen LogP contribution is -2.64. The second kappa shape index (κ2) is 37.1. The van der Waals surface area contributed by atoms with E-state index in [1.165, 1.54) is 36.0 Å². The second-order valence-electron chi connectivity index (χ2n) is 31.6. The van der Waals surface area contributed by atoms with Gasteiger partial charge in [0, 0.05) is 95.0 Å². The molecule has 30 heteroatoms. The molecule has 2 fully saturated rings. The highest BCUT2D eigenvalue weighted by Crippen LogP contribution is 2.33. The van der Waals surface area contributed by atoms with Crippen LogP contribution in [0.25, 0.3) is 10.9 Å². The summed E-state index contributed by atoms with van der Waals surface area (Å²) >= 11 is 0. The molecule has 112 heavy (non-hydrogen) atoms. The minimum Gasteiger partial charge on any atom is -0.497 e. The zero-order valence-corrected chi connectivity index (χ0v) is 65.4. The maximum atomic E-state index is 16.4. The van der Waals surface area contributed by atoms with Gasteiger partial charge in [-0.3, -0.25) is 52.7 Å². The smallest absolute Gasteiger partial charge is 0.407 e. The number of carbonyl (C=O) groups is 12. The lowest BCUT2D eigenvalue weighted by molar-refractivity contribution is -0.149. The van der Waals surface area contributed by atoms with Crippen molar-refractivity contribution >= 4 is 82.0 Å². The third-order valence-corrected chi connectivity index (χ3v) is 20.6. The highest BCUT2D eigenvalue weighted by Gasteiger charge is 2.50. The number of halogens is 1. The van der Waals surface area contributed by atoms with Crippen LogP contribution in [0.1, 0.15) is 141 Å². The normalized spacial score (nSPS) is 24.9. The Morgan fingerprint density at radius 1 is 0.688 bits per heavy atom. The number of hydrogen-bond donors (Lipinski definition) is 9. The van der Waals surface area contributed by atoms with Crippen molar-refractivity contribution in [2.24, 2.45) is 0 Å². The van der Waals surface area contributed by atoms with Gasteiger partial charge in [0.25, 0.3) is 0 Å². The zero-order valence-electron chi connectivity index (χ0n) is 65.4. The molecule has 2 saturated heterocycles. The average Bonchev–Trinajstić information content (AvgIpc) is 1.62. The van der Waals surface area contributed by atoms with Crippen molar-refractivity contribution in [1.82, 2.24) is 67.1 Å². The molecule has 6 aliphatic heterocycles. The number of rotatable bonds is 7. The molecule has 29 nitrogen and oxygen atoms in total. The molecule has 0 spiro atoms. The van der Waals surface area contributed by atoms with Crippen molar-refractivity contribution in [2.45, 2.75) is 224 Å². The number of fused-ring (bicyclic) bond motifs is 16. The minimum absolute atomic E-state index is 0.0815. The lowest BCUT2D eigenvalue weighted by Gasteiger charge is -2.37. The number of nitrogens with one attached hydrogen (secondary N) is 9. The number of ether oxygens (including phenoxy) is 4. The van der Waals surface area contributed by atoms with Gasteiger partial charge in [0.05, 0.1) is 31.5 Å². The summed E-state index contributed by atoms with van der Waals surface area (Å²) in [5.41, 5.74) is 0.678. The van der Waals surface area contributed by atoms with Crippen molar-refractivity contribution in [3.63, 3.8) is 0 Å². The van der Waals surface area contributed by atoms with Crippen LogP contribution in [-0.4, -0.2) is 208 Å². The van der Waals surface area contributed by atoms with Gasteiger partial charge in [0.1, 0.15) is 71.6 Å². The number of aromatic nitrogens is 1. The zero-order chi connectivity index (χ0) is 80.8. The average molecular weight is 1550 g/mol. The third kappa shape index (κ3) is 22.3. The summed E-state index contributed by atoms with van der Waals surface area (Å²) in [5.74, 6) is -8.50. The number of allylic oxidation sites excluding steroid dienone is 2. The first-order valence-electron chi connectivity index (χ1n) is 38.4. The number of benzene rings is 4. The van der Waals surface area contributed by atoms with E-state index in [0.717, 1.165) is 11.1 Å². The number of amides is 12. The Bertz CT molecular complexity index is 4330. The SMILES string of the molecule is COc1ccc(C[C@@H]2NC(=O)[C@H]([C@@H](C)OC(C)(C)C)NC(=O)[C@@H]3C4CCN3C(=O)[C@@H]3Cc5cn(c6ccc(F)cc56)CC=CCCCN(Cc5ccc(cc5)CCNC(=O)[C@]5(C)CCCN5C2=O)C(=O)CCC(=O)N[C@@H](C)C(=O)N[C@H](CNC(=O)OC(C)(C)C)C(=O)N[C@@H](Cc2cccc(c2)CNC(=O)CO4)C(=O)N3)cc1. The third-order valence-electron chi connectivity index (χ3n) is 20.6. The van der Waals surface area contributed by atoms with Gasteiger partial charge in [-0.25, -0.2) is 9.18 Å². The fourth-order valence-electron chi connectivity index (χ4n) is 14.8. The van der Waals surface area contributed by atoms with Gasteiger partial charge in [0.2, 0.25) is 65.0 Å². The molecule has 12 amide bonds. The molecule has 602 valence electrons. The summed E-state index contributed by atoms with van der Waals surface area (Å²) < 4.78 is 41.5. The fourth-order valence-corrected chi connectivity index (χ4v) is 14.8. The summed E-state index contributed by atoms with van der Waals surface area (Å²) in [6, 6.07) is 14.1. The molecule has 9 N–H and O–H groups in total. The Balaban J connectivity index is 1.12. The van der Waals surface area contributed by atoms with Crippen molar-refractivity contribution in [3.8, 4) is 5.75 Å². The van der Waals surface area contributed by atoms with Gasteiger partial charge in [0.15, 0.2) is 0 Å². The molecular weight excluding hydrogens is 1440 g/mol. The van der Waals surface area contributed by atoms with E-state index in [-0.39, 0.29) is 90.2 Å². The Hall–Kier alpha value is -10.8. The molecular formula is C82H106FN13O16. The predicted octanol–water partition coefficient (Wildman–Crippen LogP) is 4.30. The van der Waals surface area contributed by atoms with Crippen LogP contribution >= 0.6 is 0 Å². The molecule has 11 rings (SSSR count). The number of carbonyl (C=O) groups excluding carboxylic acids is 12. The Morgan fingerprint density at radius 3 is 2.14 bits per heavy atom. The first-order valence-corrected chi connectivity index (χ1v) is 38.4. The van der Waals surface area contributed by atoms with Gasteiger partial charge in [-0.05, 0) is 165 Å². The van der Waals surface area contributed by atoms with E-state index in [9.17, 15) is 28.8 Å². The summed E-state index contributed by atoms with van der Waals surface area (Å²) in [6.45, 7) is 14.0. The summed E-state index contributed by atoms with van der Waals surface area (Å²) in [4.78, 5) is 184. The van der Waals surface area contributed by atoms with Crippen molar-refractivity contribution < 1.29 is 80.9 Å². The predicted molar refractivity (Wildman–Crippen MR) is 411 cm³/mol. The molecule has 7 heterocycles. The van der Waals surface area contributed by atoms with E-state index in [2.05, 4.69) is 47.9 Å². The highest BCUT2D eigenvalue weighted by molar-refractivity contribution is 6.00. The largest absolute Gasteiger partial charge is 0.497 e. The molecule has 12 bridgehead atoms. The maximum absolute atomic E-state index is 16.4. The Morgan fingerprint density at radius 2 is 1.41 bits per heavy atom. The van der Waals surface area contributed by atoms with Gasteiger partial charge < -0.3 is 86.1 Å². The summed E-state index contributed by atoms with van der Waals surface area (Å²) in [7, 11) is 1.51. The second-order valence-corrected chi connectivity index (χ2v) is 31.6. The van der Waals surface area contributed by atoms with Crippen molar-refractivity contribution in [3.05, 3.63) is 149 Å². The van der Waals surface area contributed by atoms with Crippen LogP contribution in [0.15, 0.2) is 109 Å². The number of alkyl carbamates (subject to hydrolysis) is 1. The molecule has 4 aromatic carbocycles. The number of methoxy groups -OCH3 is 1. The van der Waals surface area contributed by atoms with E-state index < -0.39 is 162 Å². The number of nitrogens with zero attached hydrogens (tertiary/aromatic N) is 4. The van der Waals surface area contributed by atoms with Crippen LogP contribution in [0.2, 0.25) is 0 Å². The highest BCUT2D eigenvalue weighted by atomic mass is 19.1. The van der Waals surface area contributed by atoms with Gasteiger partial charge in [-0.1, -0.05) is 72.8 Å². The molecule has 0 radical (unpaired) electrons. The standard InChI is InChI=1S/C82H106FN13O16/c1-49-71(100)91-63(45-86-79(108)112-81(6,7)8)73(102)88-60-41-54-17-15-18-55(39-54)44-85-67(98)48-110-65-32-38-95-70(65)75(104)92-69(50(2)111-80(3,4)5)74(103)90-61(40-52-23-26-58(109-10)27-24-52)77(106)96-37-16-33-82(96,9)78(107)84-34-31-51-19-21-53(22-20-51)46-94(68(99)30-29-66(97)87-49)36-14-12-11-13-35-93-47-56(42-62(76(95)105)89-72(60)101)59-43-57(83)25-28-64(59)93/h11,13,15,17-28,39,43,47,49-50,60-63,65,69-70H,12,14,16,29-38,40-42,44-46,48H2,1-10H3,(H,84,107)(H,85,98)(H,86,108)(H,87,97)(H,88,102)(H,89,101)(H,90,103)(H,91,100)(H,92,104)/t49-,50+,60-,61-,62-,63+,65?,69-,70-,82-/m0/s1. The van der Waals surface area contributed by atoms with Crippen LogP contribution < -0.4 is 52.6 Å². The van der Waals surface area contributed by atoms with Crippen LogP contribution in [0.3, 0.4) is 0 Å². The lowest BCUT2D eigenvalue weighted by atomic mass is 9.95. The first kappa shape index (κ1) is 83.7. The molecule has 1 unspecified atom stereocenters. The number of hydrogen-bond acceptors (Lipinski definition) is 16. The molecule has 1 aromatic heterocycles. The molecule has 0 aliphatic carbocycles. The van der Waals surface area contributed by atoms with E-state index in [1.807, 2.05) is 41.0 Å². The van der Waals surface area contributed by atoms with Crippen LogP contribution in [0, 0.1) is 5.82 Å². The monoisotopic (exact) mass is 1550 g/mol. The van der Waals surface area contributed by atoms with Crippen molar-refractivity contribution in [1.29, 1.82) is 0 Å². The summed E-state index contributed by atoms with van der Waals surface area (Å²) in [5, 5.41) is 25.5. The van der Waals surface area contributed by atoms with Gasteiger partial charge >= 0.3 is 6.09 Å². The van der Waals surface area contributed by atoms with E-state index >= 15 is 33.2 Å². The van der Waals surface area contributed by atoms with Crippen molar-refractivity contribution in [2.75, 3.05) is 46.4 Å². The topological polar surface area (TPSA) is 365 Å². The van der Waals surface area contributed by atoms with Gasteiger partial charge in [-0.15, -0.1) is 0 Å². The molecule has 5 aromatic rings. The Labute approximate surface area is 651 Å². The first-order chi connectivity index (χ1) is 53.2. The minimum atomic E-state index is -1.71. The van der Waals surface area contributed by atoms with Crippen LogP contribution in [-0.2, 0) is 112 Å². The molecule has 10 atom stereocenters. The van der Waals surface area contributed by atoms with Gasteiger partial charge in [-0.2, -0.15) is 0 Å². The molecule has 6 aliphatic rings. The fraction of sp³-hybridized carbons (Fsp3) is 0.512. The van der Waals surface area contributed by atoms with Crippen LogP contribution in [0.5, 0.6) is 5.75 Å². The molecule has 0 saturated carbocycles. The summed E-state index contributed by atoms with van der Waals surface area (Å²) in [6.07, 6.45) is 2.62. The maximum Gasteiger partial charge on any atom is 0.407 e. The van der Waals surface area contributed by atoms with E-state index in [0.29, 0.717) is 64.6 Å². The van der Waals surface area contributed by atoms with E-state index in [1.54, 1.807) is 121 Å². The van der Waals surface area contributed by atoms with E-state index in [4.69, 9.17) is 18.9 Å². The Kier molecular flexibility index (Phi) is 27.7. The quantitative estimate of drug-likeness (QED) is 0.103.